The Kier molecular flexibility index (Phi) is 4.93. The zero-order chi connectivity index (χ0) is 13.7. The summed E-state index contributed by atoms with van der Waals surface area (Å²) >= 11 is 0. The van der Waals surface area contributed by atoms with E-state index in [9.17, 15) is 4.79 Å². The van der Waals surface area contributed by atoms with E-state index < -0.39 is 0 Å². The number of hydrogen-bond acceptors (Lipinski definition) is 3. The van der Waals surface area contributed by atoms with Crippen LogP contribution in [0.15, 0.2) is 30.3 Å². The van der Waals surface area contributed by atoms with E-state index >= 15 is 0 Å². The third-order valence-corrected chi connectivity index (χ3v) is 3.46. The van der Waals surface area contributed by atoms with Crippen LogP contribution in [0.2, 0.25) is 0 Å². The molecule has 1 aromatic carbocycles. The van der Waals surface area contributed by atoms with Crippen LogP contribution >= 0.6 is 0 Å². The fraction of sp³-hybridized carbons (Fsp3) is 0.533. The quantitative estimate of drug-likeness (QED) is 0.851. The van der Waals surface area contributed by atoms with Crippen molar-refractivity contribution in [2.24, 2.45) is 0 Å². The van der Waals surface area contributed by atoms with Gasteiger partial charge < -0.3 is 15.2 Å². The molecule has 19 heavy (non-hydrogen) atoms. The highest BCUT2D eigenvalue weighted by Crippen LogP contribution is 2.21. The third-order valence-electron chi connectivity index (χ3n) is 3.46. The minimum absolute atomic E-state index is 0.0434. The van der Waals surface area contributed by atoms with Gasteiger partial charge in [-0.2, -0.15) is 0 Å². The average Bonchev–Trinajstić information content (AvgIpc) is 2.86. The number of rotatable bonds is 5. The first-order chi connectivity index (χ1) is 9.20. The first kappa shape index (κ1) is 14.0. The zero-order valence-electron chi connectivity index (χ0n) is 11.2. The first-order valence-electron chi connectivity index (χ1n) is 6.82. The van der Waals surface area contributed by atoms with E-state index in [2.05, 4.69) is 5.32 Å². The van der Waals surface area contributed by atoms with Gasteiger partial charge in [0.05, 0.1) is 12.1 Å². The molecule has 1 amide bonds. The Morgan fingerprint density at radius 1 is 1.42 bits per heavy atom. The second kappa shape index (κ2) is 6.68. The SMILES string of the molecule is C[C@@H]1CC[C@@H](C(=O)N[C@H](CCO)c2ccccc2)O1. The van der Waals surface area contributed by atoms with Crippen molar-refractivity contribution in [1.82, 2.24) is 5.32 Å². The number of hydrogen-bond donors (Lipinski definition) is 2. The Hall–Kier alpha value is -1.39. The zero-order valence-corrected chi connectivity index (χ0v) is 11.2. The molecule has 3 atom stereocenters. The van der Waals surface area contributed by atoms with Crippen LogP contribution in [0, 0.1) is 0 Å². The molecule has 1 aliphatic rings. The lowest BCUT2D eigenvalue weighted by atomic mass is 10.0. The van der Waals surface area contributed by atoms with E-state index in [1.54, 1.807) is 0 Å². The molecular formula is C15H21NO3. The van der Waals surface area contributed by atoms with Gasteiger partial charge in [0.15, 0.2) is 0 Å². The van der Waals surface area contributed by atoms with Crippen molar-refractivity contribution < 1.29 is 14.6 Å². The lowest BCUT2D eigenvalue weighted by Crippen LogP contribution is -2.37. The summed E-state index contributed by atoms with van der Waals surface area (Å²) < 4.78 is 5.56. The van der Waals surface area contributed by atoms with Crippen molar-refractivity contribution >= 4 is 5.91 Å². The molecule has 1 heterocycles. The number of aliphatic hydroxyl groups is 1. The van der Waals surface area contributed by atoms with Crippen LogP contribution in [-0.4, -0.2) is 29.8 Å². The molecule has 0 radical (unpaired) electrons. The van der Waals surface area contributed by atoms with E-state index in [1.165, 1.54) is 0 Å². The maximum atomic E-state index is 12.1. The predicted molar refractivity (Wildman–Crippen MR) is 72.6 cm³/mol. The van der Waals surface area contributed by atoms with Crippen LogP contribution in [-0.2, 0) is 9.53 Å². The van der Waals surface area contributed by atoms with Crippen LogP contribution in [0.5, 0.6) is 0 Å². The lowest BCUT2D eigenvalue weighted by Gasteiger charge is -2.20. The molecular weight excluding hydrogens is 242 g/mol. The number of nitrogens with one attached hydrogen (secondary N) is 1. The molecule has 0 saturated carbocycles. The van der Waals surface area contributed by atoms with Crippen molar-refractivity contribution in [3.63, 3.8) is 0 Å². The van der Waals surface area contributed by atoms with Gasteiger partial charge in [0.25, 0.3) is 0 Å². The molecule has 0 aliphatic carbocycles. The summed E-state index contributed by atoms with van der Waals surface area (Å²) in [5.41, 5.74) is 1.01. The highest BCUT2D eigenvalue weighted by atomic mass is 16.5. The fourth-order valence-electron chi connectivity index (χ4n) is 2.40. The van der Waals surface area contributed by atoms with Crippen LogP contribution < -0.4 is 5.32 Å². The van der Waals surface area contributed by atoms with Gasteiger partial charge in [0.1, 0.15) is 6.10 Å². The molecule has 2 rings (SSSR count). The second-order valence-corrected chi connectivity index (χ2v) is 5.00. The molecule has 0 aromatic heterocycles. The van der Waals surface area contributed by atoms with Crippen molar-refractivity contribution in [2.75, 3.05) is 6.61 Å². The van der Waals surface area contributed by atoms with Gasteiger partial charge >= 0.3 is 0 Å². The number of benzene rings is 1. The van der Waals surface area contributed by atoms with Gasteiger partial charge in [0.2, 0.25) is 5.91 Å². The normalized spacial score (nSPS) is 24.1. The lowest BCUT2D eigenvalue weighted by molar-refractivity contribution is -0.132. The van der Waals surface area contributed by atoms with Gasteiger partial charge in [-0.1, -0.05) is 30.3 Å². The van der Waals surface area contributed by atoms with Crippen molar-refractivity contribution in [3.05, 3.63) is 35.9 Å². The third kappa shape index (κ3) is 3.78. The maximum absolute atomic E-state index is 12.1. The largest absolute Gasteiger partial charge is 0.396 e. The number of ether oxygens (including phenoxy) is 1. The molecule has 4 heteroatoms. The summed E-state index contributed by atoms with van der Waals surface area (Å²) in [6.07, 6.45) is 2.02. The van der Waals surface area contributed by atoms with E-state index in [1.807, 2.05) is 37.3 Å². The molecule has 0 bridgehead atoms. The summed E-state index contributed by atoms with van der Waals surface area (Å²) in [5, 5.41) is 12.1. The van der Waals surface area contributed by atoms with Crippen molar-refractivity contribution in [3.8, 4) is 0 Å². The Labute approximate surface area is 113 Å². The van der Waals surface area contributed by atoms with E-state index in [0.29, 0.717) is 6.42 Å². The van der Waals surface area contributed by atoms with Crippen LogP contribution in [0.25, 0.3) is 0 Å². The smallest absolute Gasteiger partial charge is 0.249 e. The average molecular weight is 263 g/mol. The second-order valence-electron chi connectivity index (χ2n) is 5.00. The molecule has 104 valence electrons. The summed E-state index contributed by atoms with van der Waals surface area (Å²) in [4.78, 5) is 12.1. The Morgan fingerprint density at radius 3 is 2.74 bits per heavy atom. The summed E-state index contributed by atoms with van der Waals surface area (Å²) in [5.74, 6) is -0.0772. The highest BCUT2D eigenvalue weighted by molar-refractivity contribution is 5.81. The minimum Gasteiger partial charge on any atom is -0.396 e. The summed E-state index contributed by atoms with van der Waals surface area (Å²) in [7, 11) is 0. The molecule has 1 aliphatic heterocycles. The van der Waals surface area contributed by atoms with Crippen LogP contribution in [0.4, 0.5) is 0 Å². The van der Waals surface area contributed by atoms with Gasteiger partial charge in [-0.3, -0.25) is 4.79 Å². The Balaban J connectivity index is 1.99. The number of amides is 1. The highest BCUT2D eigenvalue weighted by Gasteiger charge is 2.29. The van der Waals surface area contributed by atoms with Crippen molar-refractivity contribution in [1.29, 1.82) is 0 Å². The van der Waals surface area contributed by atoms with Crippen LogP contribution in [0.3, 0.4) is 0 Å². The number of aliphatic hydroxyl groups excluding tert-OH is 1. The molecule has 0 unspecified atom stereocenters. The molecule has 1 aromatic rings. The van der Waals surface area contributed by atoms with Crippen molar-refractivity contribution in [2.45, 2.75) is 44.4 Å². The van der Waals surface area contributed by atoms with Crippen LogP contribution in [0.1, 0.15) is 37.8 Å². The predicted octanol–water partition coefficient (Wildman–Crippen LogP) is 1.79. The number of carbonyl (C=O) groups is 1. The molecule has 1 saturated heterocycles. The van der Waals surface area contributed by atoms with Gasteiger partial charge in [-0.25, -0.2) is 0 Å². The van der Waals surface area contributed by atoms with E-state index in [0.717, 1.165) is 18.4 Å². The summed E-state index contributed by atoms with van der Waals surface area (Å²) in [6.45, 7) is 2.03. The standard InChI is InChI=1S/C15H21NO3/c1-11-7-8-14(19-11)15(18)16-13(9-10-17)12-5-3-2-4-6-12/h2-6,11,13-14,17H,7-10H2,1H3,(H,16,18)/t11-,13-,14+/m1/s1. The Bertz CT molecular complexity index is 407. The molecule has 2 N–H and O–H groups in total. The molecule has 1 fully saturated rings. The van der Waals surface area contributed by atoms with E-state index in [-0.39, 0.29) is 30.8 Å². The topological polar surface area (TPSA) is 58.6 Å². The minimum atomic E-state index is -0.347. The van der Waals surface area contributed by atoms with Gasteiger partial charge in [-0.15, -0.1) is 0 Å². The first-order valence-corrected chi connectivity index (χ1v) is 6.82. The van der Waals surface area contributed by atoms with Gasteiger partial charge in [-0.05, 0) is 31.7 Å². The fourth-order valence-corrected chi connectivity index (χ4v) is 2.40. The van der Waals surface area contributed by atoms with Gasteiger partial charge in [0, 0.05) is 6.61 Å². The monoisotopic (exact) mass is 263 g/mol. The maximum Gasteiger partial charge on any atom is 0.249 e. The molecule has 0 spiro atoms. The summed E-state index contributed by atoms with van der Waals surface area (Å²) in [6, 6.07) is 9.55. The Morgan fingerprint density at radius 2 is 2.16 bits per heavy atom. The van der Waals surface area contributed by atoms with E-state index in [4.69, 9.17) is 9.84 Å². The molecule has 4 nitrogen and oxygen atoms in total. The number of carbonyl (C=O) groups excluding carboxylic acids is 1.